The van der Waals surface area contributed by atoms with Crippen LogP contribution in [0.25, 0.3) is 0 Å². The third kappa shape index (κ3) is 4.89. The number of nitrogens with zero attached hydrogens (tertiary/aromatic N) is 1. The van der Waals surface area contributed by atoms with Crippen LogP contribution in [0.4, 0.5) is 5.69 Å². The Kier molecular flexibility index (Phi) is 6.17. The first-order chi connectivity index (χ1) is 12.9. The molecule has 0 radical (unpaired) electrons. The van der Waals surface area contributed by atoms with E-state index in [0.29, 0.717) is 16.3 Å². The number of nitrogens with one attached hydrogen (secondary N) is 1. The monoisotopic (exact) mass is 384 g/mol. The minimum atomic E-state index is -0.102. The lowest BCUT2D eigenvalue weighted by atomic mass is 9.96. The number of likely N-dealkylation sites (tertiary alicyclic amines) is 1. The minimum absolute atomic E-state index is 0.0636. The molecule has 1 saturated heterocycles. The number of carbonyl (C=O) groups is 2. The predicted octanol–water partition coefficient (Wildman–Crippen LogP) is 4.92. The highest BCUT2D eigenvalue weighted by molar-refractivity contribution is 6.30. The summed E-state index contributed by atoms with van der Waals surface area (Å²) < 4.78 is 0. The number of halogens is 1. The SMILES string of the molecule is C[C@H]1CCC[C@H](C)N1C(=O)c1ccc(NC(=O)Cc2ccc(Cl)cc2)cc1. The van der Waals surface area contributed by atoms with Gasteiger partial charge in [0.05, 0.1) is 6.42 Å². The molecule has 0 aromatic heterocycles. The van der Waals surface area contributed by atoms with Crippen LogP contribution >= 0.6 is 11.6 Å². The maximum atomic E-state index is 12.9. The Bertz CT molecular complexity index is 792. The second-order valence-corrected chi connectivity index (χ2v) is 7.71. The maximum Gasteiger partial charge on any atom is 0.254 e. The van der Waals surface area contributed by atoms with Gasteiger partial charge in [0.1, 0.15) is 0 Å². The largest absolute Gasteiger partial charge is 0.333 e. The van der Waals surface area contributed by atoms with Crippen molar-refractivity contribution in [3.05, 3.63) is 64.7 Å². The average molecular weight is 385 g/mol. The summed E-state index contributed by atoms with van der Waals surface area (Å²) in [4.78, 5) is 27.0. The molecule has 2 amide bonds. The van der Waals surface area contributed by atoms with Crippen molar-refractivity contribution in [2.75, 3.05) is 5.32 Å². The Morgan fingerprint density at radius 3 is 2.19 bits per heavy atom. The molecular formula is C22H25ClN2O2. The van der Waals surface area contributed by atoms with Crippen LogP contribution in [0.3, 0.4) is 0 Å². The lowest BCUT2D eigenvalue weighted by Gasteiger charge is -2.39. The van der Waals surface area contributed by atoms with Gasteiger partial charge in [-0.15, -0.1) is 0 Å². The lowest BCUT2D eigenvalue weighted by Crippen LogP contribution is -2.47. The van der Waals surface area contributed by atoms with Crippen LogP contribution in [-0.4, -0.2) is 28.8 Å². The molecular weight excluding hydrogens is 360 g/mol. The van der Waals surface area contributed by atoms with E-state index in [4.69, 9.17) is 11.6 Å². The topological polar surface area (TPSA) is 49.4 Å². The van der Waals surface area contributed by atoms with Crippen molar-refractivity contribution < 1.29 is 9.59 Å². The molecule has 0 aliphatic carbocycles. The van der Waals surface area contributed by atoms with Gasteiger partial charge in [-0.25, -0.2) is 0 Å². The van der Waals surface area contributed by atoms with Gasteiger partial charge in [0.25, 0.3) is 5.91 Å². The van der Waals surface area contributed by atoms with Crippen LogP contribution in [-0.2, 0) is 11.2 Å². The molecule has 1 aliphatic rings. The maximum absolute atomic E-state index is 12.9. The molecule has 1 fully saturated rings. The molecule has 4 nitrogen and oxygen atoms in total. The molecule has 1 N–H and O–H groups in total. The van der Waals surface area contributed by atoms with Gasteiger partial charge in [0, 0.05) is 28.4 Å². The smallest absolute Gasteiger partial charge is 0.254 e. The Morgan fingerprint density at radius 2 is 1.59 bits per heavy atom. The summed E-state index contributed by atoms with van der Waals surface area (Å²) in [6.45, 7) is 4.22. The molecule has 0 unspecified atom stereocenters. The Hall–Kier alpha value is -2.33. The van der Waals surface area contributed by atoms with Crippen molar-refractivity contribution >= 4 is 29.1 Å². The number of amides is 2. The van der Waals surface area contributed by atoms with E-state index in [-0.39, 0.29) is 30.3 Å². The average Bonchev–Trinajstić information content (AvgIpc) is 2.64. The fraction of sp³-hybridized carbons (Fsp3) is 0.364. The second-order valence-electron chi connectivity index (χ2n) is 7.27. The zero-order chi connectivity index (χ0) is 19.4. The Balaban J connectivity index is 1.62. The molecule has 27 heavy (non-hydrogen) atoms. The van der Waals surface area contributed by atoms with Crippen LogP contribution in [0, 0.1) is 0 Å². The highest BCUT2D eigenvalue weighted by Gasteiger charge is 2.29. The van der Waals surface area contributed by atoms with Crippen LogP contribution in [0.1, 0.15) is 49.0 Å². The van der Waals surface area contributed by atoms with E-state index in [1.165, 1.54) is 6.42 Å². The van der Waals surface area contributed by atoms with Crippen LogP contribution in [0.15, 0.2) is 48.5 Å². The highest BCUT2D eigenvalue weighted by Crippen LogP contribution is 2.25. The molecule has 2 aromatic carbocycles. The number of carbonyl (C=O) groups excluding carboxylic acids is 2. The van der Waals surface area contributed by atoms with Gasteiger partial charge in [-0.05, 0) is 75.1 Å². The van der Waals surface area contributed by atoms with Gasteiger partial charge in [0.2, 0.25) is 5.91 Å². The molecule has 2 atom stereocenters. The summed E-state index contributed by atoms with van der Waals surface area (Å²) in [7, 11) is 0. The number of hydrogen-bond donors (Lipinski definition) is 1. The minimum Gasteiger partial charge on any atom is -0.333 e. The molecule has 5 heteroatoms. The fourth-order valence-corrected chi connectivity index (χ4v) is 3.79. The number of anilines is 1. The Morgan fingerprint density at radius 1 is 1.00 bits per heavy atom. The van der Waals surface area contributed by atoms with E-state index >= 15 is 0 Å². The van der Waals surface area contributed by atoms with Crippen molar-refractivity contribution in [3.63, 3.8) is 0 Å². The van der Waals surface area contributed by atoms with Crippen molar-refractivity contribution in [1.29, 1.82) is 0 Å². The first-order valence-electron chi connectivity index (χ1n) is 9.41. The van der Waals surface area contributed by atoms with Gasteiger partial charge in [-0.1, -0.05) is 23.7 Å². The molecule has 0 bridgehead atoms. The molecule has 1 aliphatic heterocycles. The normalized spacial score (nSPS) is 19.6. The Labute approximate surface area is 165 Å². The van der Waals surface area contributed by atoms with Gasteiger partial charge in [-0.2, -0.15) is 0 Å². The fourth-order valence-electron chi connectivity index (χ4n) is 3.66. The zero-order valence-corrected chi connectivity index (χ0v) is 16.5. The van der Waals surface area contributed by atoms with Crippen LogP contribution in [0.5, 0.6) is 0 Å². The van der Waals surface area contributed by atoms with Gasteiger partial charge < -0.3 is 10.2 Å². The number of hydrogen-bond acceptors (Lipinski definition) is 2. The summed E-state index contributed by atoms with van der Waals surface area (Å²) >= 11 is 5.86. The second kappa shape index (κ2) is 8.57. The molecule has 142 valence electrons. The van der Waals surface area contributed by atoms with Crippen LogP contribution in [0.2, 0.25) is 5.02 Å². The first kappa shape index (κ1) is 19.4. The predicted molar refractivity (Wildman–Crippen MR) is 109 cm³/mol. The molecule has 0 spiro atoms. The van der Waals surface area contributed by atoms with Gasteiger partial charge >= 0.3 is 0 Å². The summed E-state index contributed by atoms with van der Waals surface area (Å²) in [5.41, 5.74) is 2.24. The molecule has 0 saturated carbocycles. The van der Waals surface area contributed by atoms with E-state index in [0.717, 1.165) is 18.4 Å². The number of rotatable bonds is 4. The van der Waals surface area contributed by atoms with Crippen molar-refractivity contribution in [2.24, 2.45) is 0 Å². The highest BCUT2D eigenvalue weighted by atomic mass is 35.5. The summed E-state index contributed by atoms with van der Waals surface area (Å²) in [6, 6.07) is 14.9. The standard InChI is InChI=1S/C22H25ClN2O2/c1-15-4-3-5-16(2)25(15)22(27)18-8-12-20(13-9-18)24-21(26)14-17-6-10-19(23)11-7-17/h6-13,15-16H,3-5,14H2,1-2H3,(H,24,26)/t15-,16-/m0/s1. The molecule has 3 rings (SSSR count). The molecule has 1 heterocycles. The zero-order valence-electron chi connectivity index (χ0n) is 15.7. The van der Waals surface area contributed by atoms with Crippen molar-refractivity contribution in [3.8, 4) is 0 Å². The summed E-state index contributed by atoms with van der Waals surface area (Å²) in [6.07, 6.45) is 3.55. The number of benzene rings is 2. The first-order valence-corrected chi connectivity index (χ1v) is 9.79. The summed E-state index contributed by atoms with van der Waals surface area (Å²) in [5.74, 6) is -0.0385. The van der Waals surface area contributed by atoms with E-state index in [1.54, 1.807) is 36.4 Å². The third-order valence-electron chi connectivity index (χ3n) is 5.12. The molecule has 2 aromatic rings. The van der Waals surface area contributed by atoms with Crippen molar-refractivity contribution in [2.45, 2.75) is 51.6 Å². The lowest BCUT2D eigenvalue weighted by molar-refractivity contribution is -0.115. The van der Waals surface area contributed by atoms with E-state index in [1.807, 2.05) is 17.0 Å². The van der Waals surface area contributed by atoms with E-state index in [9.17, 15) is 9.59 Å². The third-order valence-corrected chi connectivity index (χ3v) is 5.37. The number of piperidine rings is 1. The van der Waals surface area contributed by atoms with Gasteiger partial charge in [-0.3, -0.25) is 9.59 Å². The van der Waals surface area contributed by atoms with Crippen LogP contribution < -0.4 is 5.32 Å². The van der Waals surface area contributed by atoms with Gasteiger partial charge in [0.15, 0.2) is 0 Å². The van der Waals surface area contributed by atoms with Crippen molar-refractivity contribution in [1.82, 2.24) is 4.90 Å². The van der Waals surface area contributed by atoms with E-state index < -0.39 is 0 Å². The van der Waals surface area contributed by atoms with E-state index in [2.05, 4.69) is 19.2 Å². The summed E-state index contributed by atoms with van der Waals surface area (Å²) in [5, 5.41) is 3.52. The quantitative estimate of drug-likeness (QED) is 0.812.